The number of benzene rings is 5. The first-order chi connectivity index (χ1) is 20.8. The van der Waals surface area contributed by atoms with E-state index in [1.807, 2.05) is 23.6 Å². The number of fused-ring (bicyclic) bond motifs is 7. The average molecular weight is 554 g/mol. The predicted octanol–water partition coefficient (Wildman–Crippen LogP) is 10.4. The Bertz CT molecular complexity index is 2470. The first kappa shape index (κ1) is 23.4. The summed E-state index contributed by atoms with van der Waals surface area (Å²) in [4.78, 5) is 10.1. The number of para-hydroxylation sites is 2. The quantitative estimate of drug-likeness (QED) is 0.218. The van der Waals surface area contributed by atoms with Crippen LogP contribution < -0.4 is 0 Å². The zero-order valence-corrected chi connectivity index (χ0v) is 23.3. The number of pyridine rings is 2. The van der Waals surface area contributed by atoms with Gasteiger partial charge < -0.3 is 4.57 Å². The molecule has 42 heavy (non-hydrogen) atoms. The van der Waals surface area contributed by atoms with Crippen LogP contribution in [-0.2, 0) is 0 Å². The largest absolute Gasteiger partial charge is 0.309 e. The van der Waals surface area contributed by atoms with Gasteiger partial charge in [-0.15, -0.1) is 11.3 Å². The van der Waals surface area contributed by atoms with Crippen molar-refractivity contribution in [1.82, 2.24) is 14.5 Å². The zero-order chi connectivity index (χ0) is 27.6. The zero-order valence-electron chi connectivity index (χ0n) is 22.5. The Morgan fingerprint density at radius 2 is 1.21 bits per heavy atom. The molecule has 0 fully saturated rings. The molecule has 0 saturated heterocycles. The summed E-state index contributed by atoms with van der Waals surface area (Å²) in [5.74, 6) is 0. The second kappa shape index (κ2) is 9.10. The van der Waals surface area contributed by atoms with Crippen molar-refractivity contribution in [3.63, 3.8) is 0 Å². The van der Waals surface area contributed by atoms with E-state index in [2.05, 4.69) is 132 Å². The van der Waals surface area contributed by atoms with Crippen LogP contribution in [0.15, 0.2) is 140 Å². The lowest BCUT2D eigenvalue weighted by Gasteiger charge is -2.12. The summed E-state index contributed by atoms with van der Waals surface area (Å²) in [6.45, 7) is 0. The second-order valence-corrected chi connectivity index (χ2v) is 11.7. The molecule has 5 aromatic carbocycles. The van der Waals surface area contributed by atoms with Crippen molar-refractivity contribution in [1.29, 1.82) is 0 Å². The summed E-state index contributed by atoms with van der Waals surface area (Å²) in [5.41, 5.74) is 8.49. The van der Waals surface area contributed by atoms with E-state index in [0.717, 1.165) is 44.6 Å². The van der Waals surface area contributed by atoms with Crippen LogP contribution in [0.3, 0.4) is 0 Å². The highest BCUT2D eigenvalue weighted by molar-refractivity contribution is 7.25. The fourth-order valence-corrected chi connectivity index (χ4v) is 7.45. The van der Waals surface area contributed by atoms with Crippen LogP contribution >= 0.6 is 11.3 Å². The lowest BCUT2D eigenvalue weighted by atomic mass is 10.0. The SMILES string of the molecule is c1ccc(-n2c3ccccc3c3ccc(-c4nc(-c5ccc6c(c5)sc5ccccc56)cc5ncccc45)cc32)cc1. The van der Waals surface area contributed by atoms with Crippen LogP contribution in [0.2, 0.25) is 0 Å². The predicted molar refractivity (Wildman–Crippen MR) is 178 cm³/mol. The normalized spacial score (nSPS) is 11.8. The van der Waals surface area contributed by atoms with E-state index in [1.165, 1.54) is 36.5 Å². The Morgan fingerprint density at radius 1 is 0.500 bits per heavy atom. The molecule has 4 heterocycles. The van der Waals surface area contributed by atoms with Crippen molar-refractivity contribution < 1.29 is 0 Å². The van der Waals surface area contributed by atoms with Gasteiger partial charge in [-0.2, -0.15) is 0 Å². The van der Waals surface area contributed by atoms with Crippen molar-refractivity contribution in [2.45, 2.75) is 0 Å². The standard InChI is InChI=1S/C38H23N3S/c1-2-9-26(10-3-1)41-34-14-6-4-11-27(34)28-18-17-25(21-35(28)41)38-31-13-8-20-39-33(31)23-32(40-38)24-16-19-30-29-12-5-7-15-36(29)42-37(30)22-24/h1-23H. The minimum Gasteiger partial charge on any atom is -0.309 e. The highest BCUT2D eigenvalue weighted by Crippen LogP contribution is 2.39. The summed E-state index contributed by atoms with van der Waals surface area (Å²) in [6.07, 6.45) is 1.86. The molecular weight excluding hydrogens is 531 g/mol. The summed E-state index contributed by atoms with van der Waals surface area (Å²) in [6, 6.07) is 47.5. The van der Waals surface area contributed by atoms with Crippen LogP contribution in [0.5, 0.6) is 0 Å². The maximum absolute atomic E-state index is 5.32. The molecule has 0 unspecified atom stereocenters. The molecule has 4 aromatic heterocycles. The topological polar surface area (TPSA) is 30.7 Å². The van der Waals surface area contributed by atoms with Gasteiger partial charge in [0.15, 0.2) is 0 Å². The van der Waals surface area contributed by atoms with Gasteiger partial charge in [-0.05, 0) is 54.6 Å². The van der Waals surface area contributed by atoms with Gasteiger partial charge in [-0.1, -0.05) is 78.9 Å². The van der Waals surface area contributed by atoms with Gasteiger partial charge in [0.05, 0.1) is 27.9 Å². The third-order valence-electron chi connectivity index (χ3n) is 8.24. The highest BCUT2D eigenvalue weighted by atomic mass is 32.1. The van der Waals surface area contributed by atoms with Gasteiger partial charge >= 0.3 is 0 Å². The summed E-state index contributed by atoms with van der Waals surface area (Å²) < 4.78 is 4.93. The van der Waals surface area contributed by atoms with Crippen LogP contribution in [0.4, 0.5) is 0 Å². The van der Waals surface area contributed by atoms with Crippen LogP contribution in [-0.4, -0.2) is 14.5 Å². The number of nitrogens with zero attached hydrogens (tertiary/aromatic N) is 3. The molecule has 3 nitrogen and oxygen atoms in total. The van der Waals surface area contributed by atoms with E-state index in [0.29, 0.717) is 0 Å². The molecule has 9 aromatic rings. The van der Waals surface area contributed by atoms with Gasteiger partial charge in [0.2, 0.25) is 0 Å². The van der Waals surface area contributed by atoms with E-state index in [9.17, 15) is 0 Å². The molecule has 0 bridgehead atoms. The monoisotopic (exact) mass is 553 g/mol. The van der Waals surface area contributed by atoms with Crippen LogP contribution in [0.25, 0.3) is 81.1 Å². The minimum atomic E-state index is 0.930. The molecule has 0 N–H and O–H groups in total. The molecular formula is C38H23N3S. The van der Waals surface area contributed by atoms with E-state index < -0.39 is 0 Å². The number of hydrogen-bond donors (Lipinski definition) is 0. The Hall–Kier alpha value is -5.32. The first-order valence-electron chi connectivity index (χ1n) is 14.1. The molecule has 9 rings (SSSR count). The Morgan fingerprint density at radius 3 is 2.14 bits per heavy atom. The Labute approximate surface area is 246 Å². The number of rotatable bonds is 3. The van der Waals surface area contributed by atoms with Gasteiger partial charge in [-0.3, -0.25) is 4.98 Å². The molecule has 0 aliphatic carbocycles. The minimum absolute atomic E-state index is 0.930. The molecule has 0 amide bonds. The third-order valence-corrected chi connectivity index (χ3v) is 9.37. The van der Waals surface area contributed by atoms with Gasteiger partial charge in [0, 0.05) is 59.3 Å². The van der Waals surface area contributed by atoms with E-state index >= 15 is 0 Å². The molecule has 0 spiro atoms. The third kappa shape index (κ3) is 3.52. The van der Waals surface area contributed by atoms with E-state index in [1.54, 1.807) is 0 Å². The van der Waals surface area contributed by atoms with Crippen molar-refractivity contribution in [3.8, 4) is 28.2 Å². The molecule has 0 aliphatic heterocycles. The number of thiophene rings is 1. The fourth-order valence-electron chi connectivity index (χ4n) is 6.30. The molecule has 196 valence electrons. The lowest BCUT2D eigenvalue weighted by Crippen LogP contribution is -1.95. The number of aromatic nitrogens is 3. The Kier molecular flexibility index (Phi) is 5.07. The summed E-state index contributed by atoms with van der Waals surface area (Å²) >= 11 is 1.83. The second-order valence-electron chi connectivity index (χ2n) is 10.7. The van der Waals surface area contributed by atoms with Crippen LogP contribution in [0, 0.1) is 0 Å². The summed E-state index contributed by atoms with van der Waals surface area (Å²) in [5, 5.41) is 6.11. The average Bonchev–Trinajstić information content (AvgIpc) is 3.59. The maximum atomic E-state index is 5.32. The molecule has 0 saturated carbocycles. The van der Waals surface area contributed by atoms with Gasteiger partial charge in [-0.25, -0.2) is 4.98 Å². The first-order valence-corrected chi connectivity index (χ1v) is 14.9. The van der Waals surface area contributed by atoms with Crippen LogP contribution in [0.1, 0.15) is 0 Å². The van der Waals surface area contributed by atoms with E-state index in [-0.39, 0.29) is 0 Å². The molecule has 0 radical (unpaired) electrons. The van der Waals surface area contributed by atoms with Gasteiger partial charge in [0.1, 0.15) is 0 Å². The van der Waals surface area contributed by atoms with Crippen molar-refractivity contribution in [3.05, 3.63) is 140 Å². The maximum Gasteiger partial charge on any atom is 0.0804 e. The number of hydrogen-bond acceptors (Lipinski definition) is 3. The lowest BCUT2D eigenvalue weighted by molar-refractivity contribution is 1.18. The van der Waals surface area contributed by atoms with E-state index in [4.69, 9.17) is 9.97 Å². The fraction of sp³-hybridized carbons (Fsp3) is 0. The molecule has 0 atom stereocenters. The van der Waals surface area contributed by atoms with Crippen molar-refractivity contribution >= 4 is 64.2 Å². The molecule has 0 aliphatic rings. The summed E-state index contributed by atoms with van der Waals surface area (Å²) in [7, 11) is 0. The van der Waals surface area contributed by atoms with Crippen molar-refractivity contribution in [2.24, 2.45) is 0 Å². The highest BCUT2D eigenvalue weighted by Gasteiger charge is 2.16. The molecule has 4 heteroatoms. The smallest absolute Gasteiger partial charge is 0.0804 e. The van der Waals surface area contributed by atoms with Gasteiger partial charge in [0.25, 0.3) is 0 Å². The van der Waals surface area contributed by atoms with Crippen molar-refractivity contribution in [2.75, 3.05) is 0 Å². The Balaban J connectivity index is 1.29.